The number of aromatic nitrogens is 3. The zero-order valence-electron chi connectivity index (χ0n) is 12.3. The molecule has 0 radical (unpaired) electrons. The van der Waals surface area contributed by atoms with E-state index in [9.17, 15) is 9.50 Å². The van der Waals surface area contributed by atoms with Crippen LogP contribution in [0.3, 0.4) is 0 Å². The molecular formula is C17H16FN3O2. The minimum absolute atomic E-state index is 0.107. The molecule has 6 heteroatoms. The monoisotopic (exact) mass is 313 g/mol. The van der Waals surface area contributed by atoms with E-state index in [0.717, 1.165) is 11.4 Å². The number of ether oxygens (including phenoxy) is 1. The van der Waals surface area contributed by atoms with E-state index in [-0.39, 0.29) is 12.4 Å². The molecule has 5 nitrogen and oxygen atoms in total. The summed E-state index contributed by atoms with van der Waals surface area (Å²) in [6.07, 6.45) is 6.17. The van der Waals surface area contributed by atoms with E-state index in [4.69, 9.17) is 4.74 Å². The van der Waals surface area contributed by atoms with Crippen molar-refractivity contribution in [2.45, 2.75) is 12.6 Å². The lowest BCUT2D eigenvalue weighted by Gasteiger charge is -2.14. The third-order valence-corrected chi connectivity index (χ3v) is 3.30. The highest BCUT2D eigenvalue weighted by atomic mass is 19.1. The number of aliphatic hydroxyl groups is 1. The van der Waals surface area contributed by atoms with Gasteiger partial charge in [-0.2, -0.15) is 0 Å². The number of hydrogen-bond donors (Lipinski definition) is 1. The Hall–Kier alpha value is -2.73. The summed E-state index contributed by atoms with van der Waals surface area (Å²) < 4.78 is 20.1. The molecule has 0 aliphatic rings. The molecule has 23 heavy (non-hydrogen) atoms. The molecule has 0 saturated heterocycles. The third kappa shape index (κ3) is 3.92. The number of rotatable bonds is 6. The van der Waals surface area contributed by atoms with Crippen LogP contribution in [-0.2, 0) is 6.54 Å². The summed E-state index contributed by atoms with van der Waals surface area (Å²) in [7, 11) is 0. The van der Waals surface area contributed by atoms with E-state index in [1.165, 1.54) is 24.3 Å². The molecule has 2 heterocycles. The van der Waals surface area contributed by atoms with Crippen LogP contribution >= 0.6 is 0 Å². The van der Waals surface area contributed by atoms with Gasteiger partial charge in [-0.3, -0.25) is 4.98 Å². The lowest BCUT2D eigenvalue weighted by molar-refractivity contribution is 0.0928. The molecule has 1 unspecified atom stereocenters. The van der Waals surface area contributed by atoms with E-state index < -0.39 is 6.10 Å². The molecule has 0 saturated carbocycles. The first-order chi connectivity index (χ1) is 11.2. The summed E-state index contributed by atoms with van der Waals surface area (Å²) in [5.41, 5.74) is 0.879. The first kappa shape index (κ1) is 15.2. The van der Waals surface area contributed by atoms with Crippen molar-refractivity contribution in [3.63, 3.8) is 0 Å². The van der Waals surface area contributed by atoms with Crippen molar-refractivity contribution in [2.24, 2.45) is 0 Å². The van der Waals surface area contributed by atoms with Crippen molar-refractivity contribution in [1.29, 1.82) is 0 Å². The number of benzene rings is 1. The maximum Gasteiger partial charge on any atom is 0.141 e. The van der Waals surface area contributed by atoms with Crippen LogP contribution in [0.1, 0.15) is 0 Å². The van der Waals surface area contributed by atoms with E-state index in [2.05, 4.69) is 9.97 Å². The van der Waals surface area contributed by atoms with Gasteiger partial charge in [-0.1, -0.05) is 0 Å². The molecule has 0 bridgehead atoms. The van der Waals surface area contributed by atoms with E-state index in [1.54, 1.807) is 24.8 Å². The average Bonchev–Trinajstić information content (AvgIpc) is 3.03. The fourth-order valence-corrected chi connectivity index (χ4v) is 2.21. The molecule has 1 atom stereocenters. The molecule has 1 aromatic carbocycles. The molecule has 0 aliphatic heterocycles. The van der Waals surface area contributed by atoms with Crippen LogP contribution in [-0.4, -0.2) is 32.4 Å². The number of halogens is 1. The van der Waals surface area contributed by atoms with Crippen molar-refractivity contribution in [1.82, 2.24) is 14.5 Å². The van der Waals surface area contributed by atoms with Gasteiger partial charge in [0, 0.05) is 30.4 Å². The number of hydrogen-bond acceptors (Lipinski definition) is 4. The lowest BCUT2D eigenvalue weighted by atomic mass is 10.2. The Labute approximate surface area is 133 Å². The number of nitrogens with zero attached hydrogens (tertiary/aromatic N) is 3. The number of pyridine rings is 1. The Balaban J connectivity index is 1.61. The second-order valence-electron chi connectivity index (χ2n) is 5.06. The maximum atomic E-state index is 12.8. The van der Waals surface area contributed by atoms with Crippen molar-refractivity contribution in [3.8, 4) is 17.1 Å². The van der Waals surface area contributed by atoms with Gasteiger partial charge in [0.2, 0.25) is 0 Å². The first-order valence-corrected chi connectivity index (χ1v) is 7.20. The molecule has 0 amide bonds. The molecule has 1 N–H and O–H groups in total. The van der Waals surface area contributed by atoms with Crippen LogP contribution in [0.2, 0.25) is 0 Å². The van der Waals surface area contributed by atoms with Gasteiger partial charge in [0.05, 0.1) is 6.54 Å². The summed E-state index contributed by atoms with van der Waals surface area (Å²) in [6, 6.07) is 9.44. The fraction of sp³-hybridized carbons (Fsp3) is 0.176. The normalized spacial score (nSPS) is 12.1. The van der Waals surface area contributed by atoms with Crippen molar-refractivity contribution in [3.05, 3.63) is 67.0 Å². The van der Waals surface area contributed by atoms with Gasteiger partial charge in [0.1, 0.15) is 30.1 Å². The van der Waals surface area contributed by atoms with Gasteiger partial charge in [-0.25, -0.2) is 9.37 Å². The number of aliphatic hydroxyl groups excluding tert-OH is 1. The molecule has 3 aromatic rings. The standard InChI is InChI=1S/C17H16FN3O2/c18-14-3-5-16(6-4-14)23-12-15(22)11-21-9-8-20-17(21)13-2-1-7-19-10-13/h1-10,15,22H,11-12H2. The maximum absolute atomic E-state index is 12.8. The van der Waals surface area contributed by atoms with Gasteiger partial charge >= 0.3 is 0 Å². The second-order valence-corrected chi connectivity index (χ2v) is 5.06. The zero-order chi connectivity index (χ0) is 16.1. The van der Waals surface area contributed by atoms with E-state index >= 15 is 0 Å². The largest absolute Gasteiger partial charge is 0.491 e. The molecular weight excluding hydrogens is 297 g/mol. The SMILES string of the molecule is OC(COc1ccc(F)cc1)Cn1ccnc1-c1cccnc1. The smallest absolute Gasteiger partial charge is 0.141 e. The summed E-state index contributed by atoms with van der Waals surface area (Å²) >= 11 is 0. The average molecular weight is 313 g/mol. The third-order valence-electron chi connectivity index (χ3n) is 3.30. The van der Waals surface area contributed by atoms with Gasteiger partial charge < -0.3 is 14.4 Å². The minimum atomic E-state index is -0.718. The van der Waals surface area contributed by atoms with Crippen LogP contribution in [0.4, 0.5) is 4.39 Å². The summed E-state index contributed by atoms with van der Waals surface area (Å²) in [5, 5.41) is 10.1. The van der Waals surface area contributed by atoms with Crippen LogP contribution in [0.5, 0.6) is 5.75 Å². The van der Waals surface area contributed by atoms with Crippen molar-refractivity contribution in [2.75, 3.05) is 6.61 Å². The van der Waals surface area contributed by atoms with Crippen LogP contribution in [0.15, 0.2) is 61.2 Å². The highest BCUT2D eigenvalue weighted by Crippen LogP contribution is 2.16. The summed E-state index contributed by atoms with van der Waals surface area (Å²) in [5.74, 6) is 0.930. The highest BCUT2D eigenvalue weighted by molar-refractivity contribution is 5.53. The quantitative estimate of drug-likeness (QED) is 0.759. The zero-order valence-corrected chi connectivity index (χ0v) is 12.3. The highest BCUT2D eigenvalue weighted by Gasteiger charge is 2.11. The Morgan fingerprint density at radius 2 is 2.00 bits per heavy atom. The van der Waals surface area contributed by atoms with Gasteiger partial charge in [0.15, 0.2) is 0 Å². The van der Waals surface area contributed by atoms with E-state index in [0.29, 0.717) is 12.3 Å². The predicted molar refractivity (Wildman–Crippen MR) is 83.4 cm³/mol. The topological polar surface area (TPSA) is 60.2 Å². The molecule has 0 spiro atoms. The van der Waals surface area contributed by atoms with Gasteiger partial charge in [-0.15, -0.1) is 0 Å². The Morgan fingerprint density at radius 3 is 2.74 bits per heavy atom. The first-order valence-electron chi connectivity index (χ1n) is 7.20. The van der Waals surface area contributed by atoms with Gasteiger partial charge in [0.25, 0.3) is 0 Å². The van der Waals surface area contributed by atoms with Crippen molar-refractivity contribution >= 4 is 0 Å². The Bertz CT molecular complexity index is 744. The van der Waals surface area contributed by atoms with Crippen LogP contribution in [0, 0.1) is 5.82 Å². The number of imidazole rings is 1. The second kappa shape index (κ2) is 7.02. The fourth-order valence-electron chi connectivity index (χ4n) is 2.21. The van der Waals surface area contributed by atoms with Gasteiger partial charge in [-0.05, 0) is 36.4 Å². The molecule has 0 fully saturated rings. The lowest BCUT2D eigenvalue weighted by Crippen LogP contribution is -2.23. The Kier molecular flexibility index (Phi) is 4.63. The predicted octanol–water partition coefficient (Wildman–Crippen LogP) is 2.52. The summed E-state index contributed by atoms with van der Waals surface area (Å²) in [4.78, 5) is 8.37. The summed E-state index contributed by atoms with van der Waals surface area (Å²) in [6.45, 7) is 0.446. The Morgan fingerprint density at radius 1 is 1.17 bits per heavy atom. The van der Waals surface area contributed by atoms with Crippen molar-refractivity contribution < 1.29 is 14.2 Å². The van der Waals surface area contributed by atoms with Crippen LogP contribution in [0.25, 0.3) is 11.4 Å². The van der Waals surface area contributed by atoms with Crippen LogP contribution < -0.4 is 4.74 Å². The minimum Gasteiger partial charge on any atom is -0.491 e. The molecule has 118 valence electrons. The molecule has 0 aliphatic carbocycles. The van der Waals surface area contributed by atoms with E-state index in [1.807, 2.05) is 16.7 Å². The molecule has 3 rings (SSSR count). The molecule has 2 aromatic heterocycles.